The van der Waals surface area contributed by atoms with Crippen molar-refractivity contribution in [3.63, 3.8) is 0 Å². The molecule has 0 aliphatic carbocycles. The highest BCUT2D eigenvalue weighted by molar-refractivity contribution is 5.68. The van der Waals surface area contributed by atoms with Crippen molar-refractivity contribution < 1.29 is 24.1 Å². The minimum Gasteiger partial charge on any atom is -0.504 e. The third kappa shape index (κ3) is 3.36. The Morgan fingerprint density at radius 3 is 1.96 bits per heavy atom. The molecule has 0 aliphatic rings. The molecule has 7 nitrogen and oxygen atoms in total. The van der Waals surface area contributed by atoms with Gasteiger partial charge in [0.25, 0.3) is 0 Å². The minimum atomic E-state index is 0.0605. The fourth-order valence-corrected chi connectivity index (χ4v) is 2.94. The van der Waals surface area contributed by atoms with Crippen molar-refractivity contribution in [3.05, 3.63) is 42.1 Å². The van der Waals surface area contributed by atoms with Crippen molar-refractivity contribution in [1.29, 1.82) is 0 Å². The summed E-state index contributed by atoms with van der Waals surface area (Å²) >= 11 is 0. The second-order valence-corrected chi connectivity index (χ2v) is 5.85. The lowest BCUT2D eigenvalue weighted by Gasteiger charge is -2.15. The first-order valence-corrected chi connectivity index (χ1v) is 8.26. The van der Waals surface area contributed by atoms with Crippen molar-refractivity contribution in [2.24, 2.45) is 0 Å². The molecule has 1 aromatic heterocycles. The summed E-state index contributed by atoms with van der Waals surface area (Å²) in [4.78, 5) is 0. The van der Waals surface area contributed by atoms with E-state index >= 15 is 0 Å². The van der Waals surface area contributed by atoms with Gasteiger partial charge in [0.1, 0.15) is 0 Å². The summed E-state index contributed by atoms with van der Waals surface area (Å²) in [7, 11) is 6.21. The van der Waals surface area contributed by atoms with Gasteiger partial charge in [0.15, 0.2) is 23.0 Å². The van der Waals surface area contributed by atoms with Gasteiger partial charge < -0.3 is 24.1 Å². The predicted molar refractivity (Wildman–Crippen MR) is 102 cm³/mol. The number of benzene rings is 2. The van der Waals surface area contributed by atoms with Crippen molar-refractivity contribution in [3.8, 4) is 45.7 Å². The van der Waals surface area contributed by atoms with Crippen molar-refractivity contribution in [2.45, 2.75) is 6.92 Å². The predicted octanol–water partition coefficient (Wildman–Crippen LogP) is 3.59. The van der Waals surface area contributed by atoms with Crippen molar-refractivity contribution >= 4 is 0 Å². The summed E-state index contributed by atoms with van der Waals surface area (Å²) in [5.74, 6) is 2.04. The highest BCUT2D eigenvalue weighted by Crippen LogP contribution is 2.40. The van der Waals surface area contributed by atoms with Gasteiger partial charge in [-0.25, -0.2) is 4.68 Å². The number of ether oxygens (including phenoxy) is 4. The molecule has 0 aliphatic heterocycles. The van der Waals surface area contributed by atoms with Crippen LogP contribution in [-0.2, 0) is 0 Å². The summed E-state index contributed by atoms with van der Waals surface area (Å²) < 4.78 is 23.2. The average Bonchev–Trinajstić information content (AvgIpc) is 3.08. The van der Waals surface area contributed by atoms with Crippen LogP contribution in [0.5, 0.6) is 28.7 Å². The number of rotatable bonds is 6. The van der Waals surface area contributed by atoms with Gasteiger partial charge in [-0.2, -0.15) is 5.10 Å². The summed E-state index contributed by atoms with van der Waals surface area (Å²) in [6.45, 7) is 1.90. The van der Waals surface area contributed by atoms with Crippen LogP contribution in [0.3, 0.4) is 0 Å². The second kappa shape index (κ2) is 7.49. The lowest BCUT2D eigenvalue weighted by atomic mass is 10.1. The molecule has 0 amide bonds. The number of hydrogen-bond acceptors (Lipinski definition) is 6. The molecule has 3 rings (SSSR count). The van der Waals surface area contributed by atoms with Crippen LogP contribution in [0.1, 0.15) is 5.69 Å². The van der Waals surface area contributed by atoms with E-state index in [-0.39, 0.29) is 5.75 Å². The summed E-state index contributed by atoms with van der Waals surface area (Å²) in [6, 6.07) is 10.8. The molecule has 0 bridgehead atoms. The SMILES string of the molecule is COc1ccc(-c2cc(C)nn2-c2cc(OC)c(OC)c(OC)c2)cc1O. The molecule has 0 unspecified atom stereocenters. The number of phenolic OH excluding ortho intramolecular Hbond substituents is 1. The van der Waals surface area contributed by atoms with Crippen LogP contribution in [0.2, 0.25) is 0 Å². The van der Waals surface area contributed by atoms with E-state index in [9.17, 15) is 5.11 Å². The molecule has 142 valence electrons. The third-order valence-electron chi connectivity index (χ3n) is 4.20. The zero-order chi connectivity index (χ0) is 19.6. The van der Waals surface area contributed by atoms with E-state index in [0.29, 0.717) is 23.0 Å². The molecule has 0 fully saturated rings. The Hall–Kier alpha value is -3.35. The third-order valence-corrected chi connectivity index (χ3v) is 4.20. The highest BCUT2D eigenvalue weighted by Gasteiger charge is 2.18. The number of hydrogen-bond donors (Lipinski definition) is 1. The molecule has 7 heteroatoms. The molecular weight excluding hydrogens is 348 g/mol. The lowest BCUT2D eigenvalue weighted by molar-refractivity contribution is 0.324. The number of aromatic hydroxyl groups is 1. The van der Waals surface area contributed by atoms with Crippen LogP contribution in [-0.4, -0.2) is 43.3 Å². The fourth-order valence-electron chi connectivity index (χ4n) is 2.94. The van der Waals surface area contributed by atoms with E-state index in [2.05, 4.69) is 5.10 Å². The number of aryl methyl sites for hydroxylation is 1. The molecule has 2 aromatic carbocycles. The smallest absolute Gasteiger partial charge is 0.203 e. The Morgan fingerprint density at radius 1 is 0.815 bits per heavy atom. The Bertz CT molecular complexity index is 940. The van der Waals surface area contributed by atoms with Crippen LogP contribution < -0.4 is 18.9 Å². The second-order valence-electron chi connectivity index (χ2n) is 5.85. The van der Waals surface area contributed by atoms with Gasteiger partial charge in [-0.1, -0.05) is 0 Å². The van der Waals surface area contributed by atoms with E-state index in [1.807, 2.05) is 31.2 Å². The maximum Gasteiger partial charge on any atom is 0.203 e. The first-order chi connectivity index (χ1) is 13.0. The summed E-state index contributed by atoms with van der Waals surface area (Å²) in [6.07, 6.45) is 0. The molecule has 27 heavy (non-hydrogen) atoms. The van der Waals surface area contributed by atoms with E-state index in [0.717, 1.165) is 22.6 Å². The number of nitrogens with zero attached hydrogens (tertiary/aromatic N) is 2. The molecule has 0 atom stereocenters. The molecule has 0 spiro atoms. The Balaban J connectivity index is 2.18. The van der Waals surface area contributed by atoms with E-state index in [1.165, 1.54) is 7.11 Å². The highest BCUT2D eigenvalue weighted by atomic mass is 16.5. The molecule has 1 heterocycles. The van der Waals surface area contributed by atoms with Crippen molar-refractivity contribution in [1.82, 2.24) is 9.78 Å². The standard InChI is InChI=1S/C20H22N2O5/c1-12-8-15(13-6-7-17(24-2)16(23)9-13)22(21-12)14-10-18(25-3)20(27-5)19(11-14)26-4/h6-11,23H,1-5H3. The Morgan fingerprint density at radius 2 is 1.44 bits per heavy atom. The van der Waals surface area contributed by atoms with Crippen LogP contribution in [0.15, 0.2) is 36.4 Å². The monoisotopic (exact) mass is 370 g/mol. The van der Waals surface area contributed by atoms with Gasteiger partial charge in [0.05, 0.1) is 45.5 Å². The average molecular weight is 370 g/mol. The maximum absolute atomic E-state index is 10.1. The fraction of sp³-hybridized carbons (Fsp3) is 0.250. The Labute approximate surface area is 157 Å². The summed E-state index contributed by atoms with van der Waals surface area (Å²) in [5.41, 5.74) is 3.17. The topological polar surface area (TPSA) is 75.0 Å². The Kier molecular flexibility index (Phi) is 5.12. The minimum absolute atomic E-state index is 0.0605. The number of methoxy groups -OCH3 is 4. The summed E-state index contributed by atoms with van der Waals surface area (Å²) in [5, 5.41) is 14.7. The van der Waals surface area contributed by atoms with Crippen LogP contribution in [0, 0.1) is 6.92 Å². The molecule has 0 saturated carbocycles. The first-order valence-electron chi connectivity index (χ1n) is 8.26. The number of phenols is 1. The number of aromatic nitrogens is 2. The first kappa shape index (κ1) is 18.4. The van der Waals surface area contributed by atoms with Crippen LogP contribution >= 0.6 is 0 Å². The molecule has 0 saturated heterocycles. The van der Waals surface area contributed by atoms with Gasteiger partial charge >= 0.3 is 0 Å². The molecule has 3 aromatic rings. The largest absolute Gasteiger partial charge is 0.504 e. The molecular formula is C20H22N2O5. The zero-order valence-electron chi connectivity index (χ0n) is 15.9. The van der Waals surface area contributed by atoms with E-state index < -0.39 is 0 Å². The van der Waals surface area contributed by atoms with Gasteiger partial charge in [0, 0.05) is 17.7 Å². The van der Waals surface area contributed by atoms with E-state index in [4.69, 9.17) is 18.9 Å². The van der Waals surface area contributed by atoms with Crippen LogP contribution in [0.4, 0.5) is 0 Å². The maximum atomic E-state index is 10.1. The van der Waals surface area contributed by atoms with Crippen LogP contribution in [0.25, 0.3) is 16.9 Å². The lowest BCUT2D eigenvalue weighted by Crippen LogP contribution is -2.02. The zero-order valence-corrected chi connectivity index (χ0v) is 15.9. The van der Waals surface area contributed by atoms with E-state index in [1.54, 1.807) is 38.1 Å². The van der Waals surface area contributed by atoms with Gasteiger partial charge in [-0.15, -0.1) is 0 Å². The quantitative estimate of drug-likeness (QED) is 0.715. The molecule has 1 N–H and O–H groups in total. The van der Waals surface area contributed by atoms with Crippen molar-refractivity contribution in [2.75, 3.05) is 28.4 Å². The molecule has 0 radical (unpaired) electrons. The van der Waals surface area contributed by atoms with Gasteiger partial charge in [0.2, 0.25) is 5.75 Å². The van der Waals surface area contributed by atoms with Gasteiger partial charge in [-0.05, 0) is 31.2 Å². The normalized spacial score (nSPS) is 10.6. The van der Waals surface area contributed by atoms with Gasteiger partial charge in [-0.3, -0.25) is 0 Å².